The Morgan fingerprint density at radius 1 is 1.90 bits per heavy atom. The molecule has 0 N–H and O–H groups in total. The Kier molecular flexibility index (Phi) is 2.00. The lowest BCUT2D eigenvalue weighted by Crippen LogP contribution is -1.98. The maximum atomic E-state index is 10.1. The van der Waals surface area contributed by atoms with Crippen LogP contribution in [0.2, 0.25) is 0 Å². The van der Waals surface area contributed by atoms with E-state index < -0.39 is 4.92 Å². The van der Waals surface area contributed by atoms with Gasteiger partial charge in [0.25, 0.3) is 0 Å². The molecule has 6 heteroatoms. The van der Waals surface area contributed by atoms with E-state index in [1.165, 1.54) is 17.0 Å². The topological polar surface area (TPSA) is 61.0 Å². The van der Waals surface area contributed by atoms with Gasteiger partial charge in [-0.1, -0.05) is 20.9 Å². The molecule has 0 unspecified atom stereocenters. The van der Waals surface area contributed by atoms with Gasteiger partial charge in [0.05, 0.1) is 0 Å². The number of hydrogen-bond donors (Lipinski definition) is 0. The first-order valence-corrected chi connectivity index (χ1v) is 3.59. The lowest BCUT2D eigenvalue weighted by atomic mass is 10.9. The van der Waals surface area contributed by atoms with Gasteiger partial charge in [-0.2, -0.15) is 0 Å². The second-order valence-corrected chi connectivity index (χ2v) is 2.08. The molecule has 0 spiro atoms. The van der Waals surface area contributed by atoms with Gasteiger partial charge >= 0.3 is 5.95 Å². The molecular weight excluding hydrogens is 202 g/mol. The van der Waals surface area contributed by atoms with E-state index >= 15 is 0 Å². The second-order valence-electron chi connectivity index (χ2n) is 1.57. The second kappa shape index (κ2) is 2.78. The minimum atomic E-state index is -0.527. The molecule has 0 bridgehead atoms. The molecule has 1 aromatic heterocycles. The van der Waals surface area contributed by atoms with E-state index in [0.29, 0.717) is 5.45 Å². The van der Waals surface area contributed by atoms with Crippen molar-refractivity contribution in [3.8, 4) is 0 Å². The molecule has 0 amide bonds. The van der Waals surface area contributed by atoms with Crippen LogP contribution in [0.3, 0.4) is 0 Å². The highest BCUT2D eigenvalue weighted by molar-refractivity contribution is 9.08. The lowest BCUT2D eigenvalue weighted by molar-refractivity contribution is -0.396. The van der Waals surface area contributed by atoms with Crippen molar-refractivity contribution in [1.82, 2.24) is 9.55 Å². The molecule has 0 fully saturated rings. The van der Waals surface area contributed by atoms with E-state index in [1.807, 2.05) is 0 Å². The van der Waals surface area contributed by atoms with Crippen LogP contribution in [-0.4, -0.2) is 14.5 Å². The summed E-state index contributed by atoms with van der Waals surface area (Å²) < 4.78 is 1.39. The van der Waals surface area contributed by atoms with Crippen molar-refractivity contribution >= 4 is 21.9 Å². The quantitative estimate of drug-likeness (QED) is 0.414. The third-order valence-electron chi connectivity index (χ3n) is 0.986. The number of rotatable bonds is 2. The van der Waals surface area contributed by atoms with Crippen molar-refractivity contribution in [2.24, 2.45) is 0 Å². The zero-order chi connectivity index (χ0) is 7.56. The van der Waals surface area contributed by atoms with Crippen LogP contribution in [0.15, 0.2) is 12.4 Å². The highest BCUT2D eigenvalue weighted by Gasteiger charge is 2.11. The minimum Gasteiger partial charge on any atom is -0.390 e. The number of alkyl halides is 1. The number of nitro groups is 1. The maximum Gasteiger partial charge on any atom is 0.435 e. The van der Waals surface area contributed by atoms with Crippen LogP contribution < -0.4 is 0 Å². The Hall–Kier alpha value is -0.910. The van der Waals surface area contributed by atoms with Crippen molar-refractivity contribution < 1.29 is 4.92 Å². The lowest BCUT2D eigenvalue weighted by Gasteiger charge is -1.93. The summed E-state index contributed by atoms with van der Waals surface area (Å²) in [7, 11) is 0. The Balaban J connectivity index is 3.01. The van der Waals surface area contributed by atoms with Gasteiger partial charge in [-0.25, -0.2) is 4.57 Å². The molecule has 0 saturated carbocycles. The molecule has 0 atom stereocenters. The molecule has 54 valence electrons. The van der Waals surface area contributed by atoms with Gasteiger partial charge in [-0.15, -0.1) is 0 Å². The highest BCUT2D eigenvalue weighted by Crippen LogP contribution is 2.08. The molecule has 0 aliphatic heterocycles. The predicted octanol–water partition coefficient (Wildman–Crippen LogP) is 1.14. The van der Waals surface area contributed by atoms with Gasteiger partial charge in [0.2, 0.25) is 0 Å². The molecule has 0 aliphatic rings. The fraction of sp³-hybridized carbons (Fsp3) is 0.250. The summed E-state index contributed by atoms with van der Waals surface area (Å²) in [6.45, 7) is 0. The molecule has 10 heavy (non-hydrogen) atoms. The van der Waals surface area contributed by atoms with E-state index in [4.69, 9.17) is 0 Å². The first kappa shape index (κ1) is 7.20. The normalized spacial score (nSPS) is 9.70. The van der Waals surface area contributed by atoms with Crippen molar-refractivity contribution in [2.45, 2.75) is 5.45 Å². The summed E-state index contributed by atoms with van der Waals surface area (Å²) in [6.07, 6.45) is 2.92. The van der Waals surface area contributed by atoms with E-state index in [1.54, 1.807) is 0 Å². The minimum absolute atomic E-state index is 0.142. The Morgan fingerprint density at radius 3 is 3.00 bits per heavy atom. The monoisotopic (exact) mass is 205 g/mol. The molecule has 1 aromatic rings. The molecule has 0 saturated heterocycles. The molecule has 1 heterocycles. The maximum absolute atomic E-state index is 10.1. The average Bonchev–Trinajstić information content (AvgIpc) is 2.33. The molecule has 0 aromatic carbocycles. The summed E-state index contributed by atoms with van der Waals surface area (Å²) in [5.41, 5.74) is 0.392. The number of nitrogens with zero attached hydrogens (tertiary/aromatic N) is 3. The summed E-state index contributed by atoms with van der Waals surface area (Å²) in [5.74, 6) is -0.142. The van der Waals surface area contributed by atoms with Crippen molar-refractivity contribution in [2.75, 3.05) is 0 Å². The van der Waals surface area contributed by atoms with Crippen LogP contribution in [-0.2, 0) is 5.45 Å². The summed E-state index contributed by atoms with van der Waals surface area (Å²) >= 11 is 3.07. The van der Waals surface area contributed by atoms with E-state index in [2.05, 4.69) is 20.9 Å². The Bertz CT molecular complexity index is 246. The van der Waals surface area contributed by atoms with Crippen molar-refractivity contribution in [3.05, 3.63) is 22.5 Å². The zero-order valence-corrected chi connectivity index (χ0v) is 6.48. The first-order chi connectivity index (χ1) is 4.75. The number of halogens is 1. The summed E-state index contributed by atoms with van der Waals surface area (Å²) in [4.78, 5) is 13.1. The van der Waals surface area contributed by atoms with Crippen LogP contribution in [0.1, 0.15) is 0 Å². The number of imidazole rings is 1. The van der Waals surface area contributed by atoms with Crippen LogP contribution in [0.5, 0.6) is 0 Å². The van der Waals surface area contributed by atoms with Gasteiger partial charge in [0.1, 0.15) is 17.8 Å². The van der Waals surface area contributed by atoms with Crippen LogP contribution in [0.4, 0.5) is 5.95 Å². The van der Waals surface area contributed by atoms with Crippen LogP contribution in [0.25, 0.3) is 0 Å². The van der Waals surface area contributed by atoms with E-state index in [9.17, 15) is 10.1 Å². The zero-order valence-electron chi connectivity index (χ0n) is 4.90. The standard InChI is InChI=1S/C4H4BrN3O2/c5-3-7-2-1-6-4(7)8(9)10/h1-2H,3H2. The van der Waals surface area contributed by atoms with Gasteiger partial charge < -0.3 is 10.1 Å². The molecule has 5 nitrogen and oxygen atoms in total. The fourth-order valence-corrected chi connectivity index (χ4v) is 0.958. The predicted molar refractivity (Wildman–Crippen MR) is 37.8 cm³/mol. The van der Waals surface area contributed by atoms with Gasteiger partial charge in [-0.3, -0.25) is 0 Å². The first-order valence-electron chi connectivity index (χ1n) is 2.47. The van der Waals surface area contributed by atoms with Crippen LogP contribution >= 0.6 is 15.9 Å². The SMILES string of the molecule is O=[N+]([O-])c1nccn1CBr. The van der Waals surface area contributed by atoms with Gasteiger partial charge in [0.15, 0.2) is 0 Å². The van der Waals surface area contributed by atoms with E-state index in [0.717, 1.165) is 0 Å². The summed E-state index contributed by atoms with van der Waals surface area (Å²) in [5, 5.41) is 10.1. The molecule has 0 aliphatic carbocycles. The average molecular weight is 206 g/mol. The molecular formula is C4H4BrN3O2. The number of hydrogen-bond acceptors (Lipinski definition) is 3. The molecule has 0 radical (unpaired) electrons. The van der Waals surface area contributed by atoms with E-state index in [-0.39, 0.29) is 5.95 Å². The third-order valence-corrected chi connectivity index (χ3v) is 1.53. The van der Waals surface area contributed by atoms with Gasteiger partial charge in [-0.05, 0) is 4.92 Å². The highest BCUT2D eigenvalue weighted by atomic mass is 79.9. The Morgan fingerprint density at radius 2 is 2.60 bits per heavy atom. The van der Waals surface area contributed by atoms with Crippen molar-refractivity contribution in [1.29, 1.82) is 0 Å². The largest absolute Gasteiger partial charge is 0.435 e. The third kappa shape index (κ3) is 1.15. The molecule has 1 rings (SSSR count). The smallest absolute Gasteiger partial charge is 0.390 e. The number of aromatic nitrogens is 2. The summed E-state index contributed by atoms with van der Waals surface area (Å²) in [6, 6.07) is 0. The fourth-order valence-electron chi connectivity index (χ4n) is 0.567. The van der Waals surface area contributed by atoms with Gasteiger partial charge in [0, 0.05) is 0 Å². The Labute approximate surface area is 65.0 Å². The van der Waals surface area contributed by atoms with Crippen molar-refractivity contribution in [3.63, 3.8) is 0 Å². The van der Waals surface area contributed by atoms with Crippen LogP contribution in [0, 0.1) is 10.1 Å².